The fourth-order valence-electron chi connectivity index (χ4n) is 2.99. The van der Waals surface area contributed by atoms with E-state index >= 15 is 0 Å². The molecular formula is C18H20N4O2. The van der Waals surface area contributed by atoms with Crippen molar-refractivity contribution in [2.24, 2.45) is 7.05 Å². The van der Waals surface area contributed by atoms with E-state index in [1.807, 2.05) is 37.1 Å². The molecule has 6 nitrogen and oxygen atoms in total. The highest BCUT2D eigenvalue weighted by atomic mass is 16.5. The quantitative estimate of drug-likeness (QED) is 0.866. The van der Waals surface area contributed by atoms with E-state index in [2.05, 4.69) is 11.2 Å². The summed E-state index contributed by atoms with van der Waals surface area (Å²) in [5.74, 6) is -0.00955. The zero-order chi connectivity index (χ0) is 17.1. The van der Waals surface area contributed by atoms with Crippen molar-refractivity contribution in [2.75, 3.05) is 19.7 Å². The monoisotopic (exact) mass is 324 g/mol. The molecule has 1 aromatic heterocycles. The SMILES string of the molecule is CCc1nn(C)cc1C(=O)N1CCOC(c2cccc(C#N)c2)C1. The number of nitriles is 1. The van der Waals surface area contributed by atoms with Crippen LogP contribution in [0, 0.1) is 11.3 Å². The Morgan fingerprint density at radius 3 is 3.08 bits per heavy atom. The van der Waals surface area contributed by atoms with Crippen molar-refractivity contribution in [3.05, 3.63) is 52.8 Å². The van der Waals surface area contributed by atoms with Crippen LogP contribution in [0.1, 0.15) is 40.2 Å². The van der Waals surface area contributed by atoms with E-state index in [-0.39, 0.29) is 12.0 Å². The average molecular weight is 324 g/mol. The summed E-state index contributed by atoms with van der Waals surface area (Å²) < 4.78 is 7.50. The van der Waals surface area contributed by atoms with Gasteiger partial charge in [-0.2, -0.15) is 10.4 Å². The third-order valence-corrected chi connectivity index (χ3v) is 4.21. The Morgan fingerprint density at radius 1 is 1.50 bits per heavy atom. The Morgan fingerprint density at radius 2 is 2.33 bits per heavy atom. The first-order chi connectivity index (χ1) is 11.6. The van der Waals surface area contributed by atoms with Crippen LogP contribution in [0.4, 0.5) is 0 Å². The summed E-state index contributed by atoms with van der Waals surface area (Å²) in [4.78, 5) is 14.7. The molecule has 1 saturated heterocycles. The van der Waals surface area contributed by atoms with Gasteiger partial charge in [0, 0.05) is 19.8 Å². The number of rotatable bonds is 3. The molecule has 1 amide bonds. The minimum atomic E-state index is -0.210. The topological polar surface area (TPSA) is 71.2 Å². The average Bonchev–Trinajstić information content (AvgIpc) is 3.02. The number of hydrogen-bond acceptors (Lipinski definition) is 4. The van der Waals surface area contributed by atoms with Gasteiger partial charge in [0.05, 0.1) is 36.0 Å². The van der Waals surface area contributed by atoms with Crippen molar-refractivity contribution >= 4 is 5.91 Å². The lowest BCUT2D eigenvalue weighted by atomic mass is 10.0. The first-order valence-corrected chi connectivity index (χ1v) is 8.05. The molecule has 2 heterocycles. The smallest absolute Gasteiger partial charge is 0.257 e. The van der Waals surface area contributed by atoms with E-state index in [4.69, 9.17) is 10.00 Å². The van der Waals surface area contributed by atoms with Gasteiger partial charge in [-0.1, -0.05) is 19.1 Å². The first-order valence-electron chi connectivity index (χ1n) is 8.05. The van der Waals surface area contributed by atoms with Crippen LogP contribution in [0.15, 0.2) is 30.5 Å². The number of carbonyl (C=O) groups is 1. The van der Waals surface area contributed by atoms with Crippen molar-refractivity contribution in [2.45, 2.75) is 19.4 Å². The Hall–Kier alpha value is -2.65. The van der Waals surface area contributed by atoms with E-state index in [9.17, 15) is 4.79 Å². The fraction of sp³-hybridized carbons (Fsp3) is 0.389. The number of amides is 1. The summed E-state index contributed by atoms with van der Waals surface area (Å²) in [5, 5.41) is 13.4. The maximum Gasteiger partial charge on any atom is 0.257 e. The van der Waals surface area contributed by atoms with E-state index in [0.29, 0.717) is 30.8 Å². The first kappa shape index (κ1) is 16.2. The predicted molar refractivity (Wildman–Crippen MR) is 88.3 cm³/mol. The summed E-state index contributed by atoms with van der Waals surface area (Å²) in [6, 6.07) is 9.49. The summed E-state index contributed by atoms with van der Waals surface area (Å²) >= 11 is 0. The minimum Gasteiger partial charge on any atom is -0.370 e. The largest absolute Gasteiger partial charge is 0.370 e. The van der Waals surface area contributed by atoms with Gasteiger partial charge in [0.15, 0.2) is 0 Å². The molecule has 6 heteroatoms. The van der Waals surface area contributed by atoms with Crippen LogP contribution in [-0.2, 0) is 18.2 Å². The van der Waals surface area contributed by atoms with Crippen LogP contribution in [-0.4, -0.2) is 40.3 Å². The van der Waals surface area contributed by atoms with E-state index in [1.165, 1.54) is 0 Å². The molecule has 2 aromatic rings. The lowest BCUT2D eigenvalue weighted by Crippen LogP contribution is -2.42. The highest BCUT2D eigenvalue weighted by Crippen LogP contribution is 2.24. The lowest BCUT2D eigenvalue weighted by molar-refractivity contribution is -0.0228. The van der Waals surface area contributed by atoms with E-state index in [0.717, 1.165) is 17.7 Å². The number of aryl methyl sites for hydroxylation is 2. The van der Waals surface area contributed by atoms with E-state index in [1.54, 1.807) is 16.9 Å². The van der Waals surface area contributed by atoms with Crippen molar-refractivity contribution in [3.63, 3.8) is 0 Å². The standard InChI is InChI=1S/C18H20N4O2/c1-3-16-15(11-21(2)20-16)18(23)22-7-8-24-17(12-22)14-6-4-5-13(9-14)10-19/h4-6,9,11,17H,3,7-8,12H2,1-2H3. The van der Waals surface area contributed by atoms with Gasteiger partial charge < -0.3 is 9.64 Å². The van der Waals surface area contributed by atoms with Crippen molar-refractivity contribution in [1.29, 1.82) is 5.26 Å². The Bertz CT molecular complexity index is 791. The molecule has 0 radical (unpaired) electrons. The molecule has 1 fully saturated rings. The molecule has 0 spiro atoms. The van der Waals surface area contributed by atoms with Gasteiger partial charge in [0.2, 0.25) is 0 Å². The second-order valence-corrected chi connectivity index (χ2v) is 5.86. The summed E-state index contributed by atoms with van der Waals surface area (Å²) in [6.07, 6.45) is 2.29. The number of aromatic nitrogens is 2. The fourth-order valence-corrected chi connectivity index (χ4v) is 2.99. The highest BCUT2D eigenvalue weighted by molar-refractivity contribution is 5.95. The third-order valence-electron chi connectivity index (χ3n) is 4.21. The maximum absolute atomic E-state index is 12.9. The van der Waals surface area contributed by atoms with Crippen LogP contribution in [0.5, 0.6) is 0 Å². The molecule has 1 unspecified atom stereocenters. The second-order valence-electron chi connectivity index (χ2n) is 5.86. The summed E-state index contributed by atoms with van der Waals surface area (Å²) in [7, 11) is 1.82. The zero-order valence-corrected chi connectivity index (χ0v) is 13.9. The molecule has 1 aliphatic heterocycles. The predicted octanol–water partition coefficient (Wildman–Crippen LogP) is 2.07. The van der Waals surface area contributed by atoms with Crippen molar-refractivity contribution < 1.29 is 9.53 Å². The molecule has 24 heavy (non-hydrogen) atoms. The minimum absolute atomic E-state index is 0.00955. The van der Waals surface area contributed by atoms with Crippen LogP contribution in [0.2, 0.25) is 0 Å². The molecule has 0 N–H and O–H groups in total. The number of carbonyl (C=O) groups excluding carboxylic acids is 1. The van der Waals surface area contributed by atoms with E-state index < -0.39 is 0 Å². The summed E-state index contributed by atoms with van der Waals surface area (Å²) in [6.45, 7) is 3.51. The van der Waals surface area contributed by atoms with Gasteiger partial charge in [0.25, 0.3) is 5.91 Å². The number of ether oxygens (including phenoxy) is 1. The Balaban J connectivity index is 1.80. The molecular weight excluding hydrogens is 304 g/mol. The van der Waals surface area contributed by atoms with Crippen LogP contribution in [0.3, 0.4) is 0 Å². The molecule has 0 saturated carbocycles. The molecule has 1 aromatic carbocycles. The number of nitrogens with zero attached hydrogens (tertiary/aromatic N) is 4. The Labute approximate surface area is 141 Å². The van der Waals surface area contributed by atoms with Crippen LogP contribution < -0.4 is 0 Å². The number of benzene rings is 1. The van der Waals surface area contributed by atoms with Gasteiger partial charge in [-0.3, -0.25) is 9.48 Å². The van der Waals surface area contributed by atoms with Gasteiger partial charge in [-0.25, -0.2) is 0 Å². The maximum atomic E-state index is 12.9. The van der Waals surface area contributed by atoms with Gasteiger partial charge in [0.1, 0.15) is 6.10 Å². The zero-order valence-electron chi connectivity index (χ0n) is 13.9. The molecule has 0 bridgehead atoms. The molecule has 1 aliphatic rings. The second kappa shape index (κ2) is 6.85. The number of morpholine rings is 1. The van der Waals surface area contributed by atoms with Gasteiger partial charge in [-0.05, 0) is 24.1 Å². The Kier molecular flexibility index (Phi) is 4.63. The highest BCUT2D eigenvalue weighted by Gasteiger charge is 2.28. The molecule has 3 rings (SSSR count). The van der Waals surface area contributed by atoms with Gasteiger partial charge >= 0.3 is 0 Å². The van der Waals surface area contributed by atoms with Crippen molar-refractivity contribution in [1.82, 2.24) is 14.7 Å². The molecule has 124 valence electrons. The third kappa shape index (κ3) is 3.17. The van der Waals surface area contributed by atoms with Crippen molar-refractivity contribution in [3.8, 4) is 6.07 Å². The number of hydrogen-bond donors (Lipinski definition) is 0. The molecule has 1 atom stereocenters. The normalized spacial score (nSPS) is 17.5. The van der Waals surface area contributed by atoms with Gasteiger partial charge in [-0.15, -0.1) is 0 Å². The lowest BCUT2D eigenvalue weighted by Gasteiger charge is -2.33. The van der Waals surface area contributed by atoms with Crippen LogP contribution in [0.25, 0.3) is 0 Å². The summed E-state index contributed by atoms with van der Waals surface area (Å²) in [5.41, 5.74) is 3.00. The molecule has 0 aliphatic carbocycles. The van der Waals surface area contributed by atoms with Crippen LogP contribution >= 0.6 is 0 Å².